The van der Waals surface area contributed by atoms with Gasteiger partial charge in [0.15, 0.2) is 5.60 Å². The molecular weight excluding hydrogens is 284 g/mol. The number of morpholine rings is 1. The summed E-state index contributed by atoms with van der Waals surface area (Å²) in [6, 6.07) is 6.95. The first-order chi connectivity index (χ1) is 10.3. The molecule has 1 aromatic rings. The van der Waals surface area contributed by atoms with Crippen LogP contribution in [0.2, 0.25) is 0 Å². The Morgan fingerprint density at radius 2 is 2.05 bits per heavy atom. The van der Waals surface area contributed by atoms with Crippen LogP contribution in [0.1, 0.15) is 22.8 Å². The van der Waals surface area contributed by atoms with Gasteiger partial charge in [-0.15, -0.1) is 0 Å². The van der Waals surface area contributed by atoms with E-state index in [1.54, 1.807) is 33.2 Å². The lowest BCUT2D eigenvalue weighted by atomic mass is 10.0. The van der Waals surface area contributed by atoms with Crippen molar-refractivity contribution in [1.29, 1.82) is 0 Å². The van der Waals surface area contributed by atoms with Crippen LogP contribution in [0.4, 0.5) is 0 Å². The summed E-state index contributed by atoms with van der Waals surface area (Å²) >= 11 is 0. The van der Waals surface area contributed by atoms with Crippen molar-refractivity contribution >= 4 is 11.9 Å². The second-order valence-electron chi connectivity index (χ2n) is 5.95. The monoisotopic (exact) mass is 306 g/mol. The zero-order valence-electron chi connectivity index (χ0n) is 13.2. The molecule has 1 fully saturated rings. The number of benzene rings is 1. The molecule has 6 nitrogen and oxygen atoms in total. The van der Waals surface area contributed by atoms with Gasteiger partial charge in [0, 0.05) is 33.7 Å². The van der Waals surface area contributed by atoms with E-state index in [0.717, 1.165) is 5.56 Å². The molecule has 1 amide bonds. The predicted octanol–water partition coefficient (Wildman–Crippen LogP) is 1.06. The zero-order valence-corrected chi connectivity index (χ0v) is 13.2. The molecule has 0 bridgehead atoms. The Kier molecular flexibility index (Phi) is 4.83. The van der Waals surface area contributed by atoms with Crippen molar-refractivity contribution in [2.45, 2.75) is 19.1 Å². The maximum atomic E-state index is 12.3. The largest absolute Gasteiger partial charge is 0.478 e. The average Bonchev–Trinajstić information content (AvgIpc) is 2.46. The molecule has 1 heterocycles. The smallest absolute Gasteiger partial charge is 0.336 e. The van der Waals surface area contributed by atoms with Crippen molar-refractivity contribution < 1.29 is 19.4 Å². The minimum absolute atomic E-state index is 0.0799. The van der Waals surface area contributed by atoms with E-state index in [1.165, 1.54) is 4.90 Å². The van der Waals surface area contributed by atoms with Crippen LogP contribution in [0.15, 0.2) is 24.3 Å². The number of carbonyl (C=O) groups excluding carboxylic acids is 1. The van der Waals surface area contributed by atoms with Gasteiger partial charge in [-0.2, -0.15) is 0 Å². The van der Waals surface area contributed by atoms with Crippen LogP contribution in [-0.2, 0) is 16.1 Å². The minimum atomic E-state index is -0.934. The number of likely N-dealkylation sites (N-methyl/N-ethyl adjacent to an activating group) is 1. The summed E-state index contributed by atoms with van der Waals surface area (Å²) in [6.45, 7) is 3.83. The summed E-state index contributed by atoms with van der Waals surface area (Å²) < 4.78 is 5.68. The molecule has 1 saturated heterocycles. The number of aromatic carboxylic acids is 1. The van der Waals surface area contributed by atoms with E-state index in [-0.39, 0.29) is 5.91 Å². The first-order valence-electron chi connectivity index (χ1n) is 7.23. The molecule has 6 heteroatoms. The molecule has 1 aromatic carbocycles. The van der Waals surface area contributed by atoms with Gasteiger partial charge in [-0.25, -0.2) is 4.79 Å². The molecule has 120 valence electrons. The Morgan fingerprint density at radius 3 is 2.68 bits per heavy atom. The lowest BCUT2D eigenvalue weighted by Crippen LogP contribution is -2.57. The Hall–Kier alpha value is -1.92. The van der Waals surface area contributed by atoms with Crippen molar-refractivity contribution in [3.8, 4) is 0 Å². The molecule has 0 spiro atoms. The third-order valence-electron chi connectivity index (χ3n) is 3.85. The second kappa shape index (κ2) is 6.46. The molecule has 0 saturated carbocycles. The summed E-state index contributed by atoms with van der Waals surface area (Å²) in [5, 5.41) is 9.25. The van der Waals surface area contributed by atoms with E-state index < -0.39 is 11.6 Å². The second-order valence-corrected chi connectivity index (χ2v) is 5.95. The summed E-state index contributed by atoms with van der Waals surface area (Å²) in [5.41, 5.74) is 0.158. The molecule has 0 radical (unpaired) electrons. The normalized spacial score (nSPS) is 22.3. The third-order valence-corrected chi connectivity index (χ3v) is 3.85. The van der Waals surface area contributed by atoms with Gasteiger partial charge in [0.05, 0.1) is 12.2 Å². The van der Waals surface area contributed by atoms with Crippen LogP contribution in [0.3, 0.4) is 0 Å². The van der Waals surface area contributed by atoms with E-state index in [0.29, 0.717) is 31.8 Å². The Labute approximate surface area is 130 Å². The molecule has 0 aliphatic carbocycles. The number of ether oxygens (including phenoxy) is 1. The van der Waals surface area contributed by atoms with Gasteiger partial charge in [0.1, 0.15) is 0 Å². The lowest BCUT2D eigenvalue weighted by molar-refractivity contribution is -0.165. The molecule has 2 rings (SSSR count). The Morgan fingerprint density at radius 1 is 1.36 bits per heavy atom. The molecule has 0 aromatic heterocycles. The van der Waals surface area contributed by atoms with Crippen LogP contribution in [0.5, 0.6) is 0 Å². The molecular formula is C16H22N2O4. The van der Waals surface area contributed by atoms with E-state index in [1.807, 2.05) is 12.1 Å². The number of hydrogen-bond acceptors (Lipinski definition) is 4. The van der Waals surface area contributed by atoms with Crippen molar-refractivity contribution in [3.05, 3.63) is 35.4 Å². The maximum absolute atomic E-state index is 12.3. The highest BCUT2D eigenvalue weighted by atomic mass is 16.5. The van der Waals surface area contributed by atoms with Gasteiger partial charge in [0.25, 0.3) is 5.91 Å². The standard InChI is InChI=1S/C16H22N2O4/c1-16(15(21)17(2)3)11-18(8-9-22-16)10-12-6-4-5-7-13(12)14(19)20/h4-7H,8-11H2,1-3H3,(H,19,20). The van der Waals surface area contributed by atoms with Gasteiger partial charge in [0.2, 0.25) is 0 Å². The highest BCUT2D eigenvalue weighted by Crippen LogP contribution is 2.22. The topological polar surface area (TPSA) is 70.1 Å². The van der Waals surface area contributed by atoms with Gasteiger partial charge in [-0.05, 0) is 18.6 Å². The summed E-state index contributed by atoms with van der Waals surface area (Å²) in [7, 11) is 3.41. The van der Waals surface area contributed by atoms with Crippen molar-refractivity contribution in [3.63, 3.8) is 0 Å². The number of hydrogen-bond donors (Lipinski definition) is 1. The number of carboxylic acid groups (broad SMARTS) is 1. The van der Waals surface area contributed by atoms with Crippen molar-refractivity contribution in [2.24, 2.45) is 0 Å². The van der Waals surface area contributed by atoms with Crippen molar-refractivity contribution in [1.82, 2.24) is 9.80 Å². The highest BCUT2D eigenvalue weighted by Gasteiger charge is 2.40. The first kappa shape index (κ1) is 16.5. The fourth-order valence-corrected chi connectivity index (χ4v) is 2.80. The molecule has 1 atom stereocenters. The number of amides is 1. The van der Waals surface area contributed by atoms with Gasteiger partial charge in [-0.1, -0.05) is 18.2 Å². The molecule has 1 aliphatic heterocycles. The third kappa shape index (κ3) is 3.45. The molecule has 1 aliphatic rings. The molecule has 22 heavy (non-hydrogen) atoms. The number of carbonyl (C=O) groups is 2. The fourth-order valence-electron chi connectivity index (χ4n) is 2.80. The molecule has 1 unspecified atom stereocenters. The fraction of sp³-hybridized carbons (Fsp3) is 0.500. The van der Waals surface area contributed by atoms with E-state index >= 15 is 0 Å². The summed E-state index contributed by atoms with van der Waals surface area (Å²) in [4.78, 5) is 27.1. The summed E-state index contributed by atoms with van der Waals surface area (Å²) in [6.07, 6.45) is 0. The maximum Gasteiger partial charge on any atom is 0.336 e. The van der Waals surface area contributed by atoms with Gasteiger partial charge in [-0.3, -0.25) is 9.69 Å². The van der Waals surface area contributed by atoms with Gasteiger partial charge >= 0.3 is 5.97 Å². The highest BCUT2D eigenvalue weighted by molar-refractivity contribution is 5.89. The first-order valence-corrected chi connectivity index (χ1v) is 7.23. The number of carboxylic acids is 1. The number of rotatable bonds is 4. The minimum Gasteiger partial charge on any atom is -0.478 e. The lowest BCUT2D eigenvalue weighted by Gasteiger charge is -2.40. The van der Waals surface area contributed by atoms with Crippen LogP contribution >= 0.6 is 0 Å². The quantitative estimate of drug-likeness (QED) is 0.901. The van der Waals surface area contributed by atoms with Crippen LogP contribution in [-0.4, -0.2) is 66.2 Å². The van der Waals surface area contributed by atoms with Crippen LogP contribution < -0.4 is 0 Å². The van der Waals surface area contributed by atoms with Crippen LogP contribution in [0, 0.1) is 0 Å². The average molecular weight is 306 g/mol. The zero-order chi connectivity index (χ0) is 16.3. The predicted molar refractivity (Wildman–Crippen MR) is 81.7 cm³/mol. The van der Waals surface area contributed by atoms with Crippen LogP contribution in [0.25, 0.3) is 0 Å². The Balaban J connectivity index is 2.14. The van der Waals surface area contributed by atoms with Crippen molar-refractivity contribution in [2.75, 3.05) is 33.8 Å². The van der Waals surface area contributed by atoms with E-state index in [2.05, 4.69) is 4.90 Å². The summed E-state index contributed by atoms with van der Waals surface area (Å²) in [5.74, 6) is -1.01. The SMILES string of the molecule is CN(C)C(=O)C1(C)CN(Cc2ccccc2C(=O)O)CCO1. The molecule has 1 N–H and O–H groups in total. The Bertz CT molecular complexity index is 573. The van der Waals surface area contributed by atoms with E-state index in [4.69, 9.17) is 4.74 Å². The van der Waals surface area contributed by atoms with Gasteiger partial charge < -0.3 is 14.7 Å². The van der Waals surface area contributed by atoms with E-state index in [9.17, 15) is 14.7 Å². The number of nitrogens with zero attached hydrogens (tertiary/aromatic N) is 2.